The number of likely N-dealkylation sites (tertiary alicyclic amines) is 2. The van der Waals surface area contributed by atoms with Crippen LogP contribution >= 0.6 is 24.8 Å². The van der Waals surface area contributed by atoms with E-state index in [1.165, 1.54) is 38.8 Å². The topological polar surface area (TPSA) is 44.8 Å². The normalized spacial score (nSPS) is 24.8. The first-order valence-corrected chi connectivity index (χ1v) is 8.92. The first-order chi connectivity index (χ1) is 10.7. The highest BCUT2D eigenvalue weighted by Gasteiger charge is 2.27. The van der Waals surface area contributed by atoms with E-state index in [2.05, 4.69) is 22.0 Å². The second kappa shape index (κ2) is 13.2. The van der Waals surface area contributed by atoms with Gasteiger partial charge in [0.05, 0.1) is 13.2 Å². The Balaban J connectivity index is 0.00000264. The maximum Gasteiger partial charge on any atom is 0.236 e. The van der Waals surface area contributed by atoms with Crippen molar-refractivity contribution in [2.45, 2.75) is 45.1 Å². The van der Waals surface area contributed by atoms with Crippen LogP contribution in [-0.4, -0.2) is 74.7 Å². The largest absolute Gasteiger partial charge is 0.383 e. The summed E-state index contributed by atoms with van der Waals surface area (Å²) in [5, 5.41) is 3.16. The quantitative estimate of drug-likeness (QED) is 0.684. The van der Waals surface area contributed by atoms with E-state index in [0.717, 1.165) is 32.1 Å². The van der Waals surface area contributed by atoms with Crippen LogP contribution in [0.2, 0.25) is 0 Å². The first-order valence-electron chi connectivity index (χ1n) is 8.92. The van der Waals surface area contributed by atoms with Gasteiger partial charge in [-0.2, -0.15) is 0 Å². The predicted molar refractivity (Wildman–Crippen MR) is 103 cm³/mol. The number of methoxy groups -OCH3 is 1. The molecule has 1 amide bonds. The van der Waals surface area contributed by atoms with Gasteiger partial charge in [0.1, 0.15) is 0 Å². The van der Waals surface area contributed by atoms with Crippen LogP contribution < -0.4 is 5.32 Å². The third-order valence-corrected chi connectivity index (χ3v) is 5.06. The molecule has 5 nitrogen and oxygen atoms in total. The number of ether oxygens (including phenoxy) is 1. The van der Waals surface area contributed by atoms with E-state index in [1.54, 1.807) is 7.11 Å². The minimum Gasteiger partial charge on any atom is -0.383 e. The molecule has 1 N–H and O–H groups in total. The predicted octanol–water partition coefficient (Wildman–Crippen LogP) is 2.18. The van der Waals surface area contributed by atoms with Gasteiger partial charge in [-0.25, -0.2) is 0 Å². The van der Waals surface area contributed by atoms with E-state index in [-0.39, 0.29) is 30.7 Å². The van der Waals surface area contributed by atoms with Crippen LogP contribution in [0.15, 0.2) is 0 Å². The van der Waals surface area contributed by atoms with E-state index >= 15 is 0 Å². The Kier molecular flexibility index (Phi) is 13.1. The summed E-state index contributed by atoms with van der Waals surface area (Å²) in [5.74, 6) is 0.893. The second-order valence-corrected chi connectivity index (χ2v) is 6.86. The van der Waals surface area contributed by atoms with E-state index < -0.39 is 0 Å². The molecule has 0 aromatic heterocycles. The number of hydrogen-bond acceptors (Lipinski definition) is 4. The molecule has 0 radical (unpaired) electrons. The molecule has 0 aromatic carbocycles. The average molecular weight is 384 g/mol. The number of amides is 1. The zero-order chi connectivity index (χ0) is 15.8. The maximum absolute atomic E-state index is 12.3. The molecule has 2 heterocycles. The molecular weight excluding hydrogens is 349 g/mol. The summed E-state index contributed by atoms with van der Waals surface area (Å²) in [6.45, 7) is 8.46. The van der Waals surface area contributed by atoms with Gasteiger partial charge in [-0.1, -0.05) is 6.42 Å². The Morgan fingerprint density at radius 1 is 1.17 bits per heavy atom. The molecule has 7 heteroatoms. The van der Waals surface area contributed by atoms with Gasteiger partial charge in [0.25, 0.3) is 0 Å². The lowest BCUT2D eigenvalue weighted by Crippen LogP contribution is -2.48. The fourth-order valence-corrected chi connectivity index (χ4v) is 3.68. The average Bonchev–Trinajstić information content (AvgIpc) is 2.54. The van der Waals surface area contributed by atoms with E-state index in [4.69, 9.17) is 4.74 Å². The minimum atomic E-state index is 0. The minimum absolute atomic E-state index is 0. The zero-order valence-electron chi connectivity index (χ0n) is 15.2. The maximum atomic E-state index is 12.3. The van der Waals surface area contributed by atoms with Crippen LogP contribution in [0.25, 0.3) is 0 Å². The van der Waals surface area contributed by atoms with Crippen LogP contribution in [0.4, 0.5) is 0 Å². The molecule has 2 fully saturated rings. The number of piperidine rings is 2. The van der Waals surface area contributed by atoms with Crippen molar-refractivity contribution in [3.8, 4) is 0 Å². The number of carbonyl (C=O) groups is 1. The number of nitrogens with zero attached hydrogens (tertiary/aromatic N) is 2. The molecule has 0 spiro atoms. The lowest BCUT2D eigenvalue weighted by Gasteiger charge is -2.39. The van der Waals surface area contributed by atoms with E-state index in [9.17, 15) is 4.79 Å². The standard InChI is InChI=1S/C17H33N3O2.2ClH/c1-15-6-3-4-9-19(15)13-16-7-5-10-20(14-16)17(21)12-18-8-11-22-2;;/h15-16,18H,3-14H2,1-2H3;2*1H. The molecule has 144 valence electrons. The van der Waals surface area contributed by atoms with Crippen molar-refractivity contribution in [3.63, 3.8) is 0 Å². The smallest absolute Gasteiger partial charge is 0.236 e. The van der Waals surface area contributed by atoms with Crippen LogP contribution in [0.1, 0.15) is 39.0 Å². The Morgan fingerprint density at radius 3 is 2.67 bits per heavy atom. The van der Waals surface area contributed by atoms with Crippen molar-refractivity contribution in [1.29, 1.82) is 0 Å². The third kappa shape index (κ3) is 7.87. The Morgan fingerprint density at radius 2 is 1.96 bits per heavy atom. The summed E-state index contributed by atoms with van der Waals surface area (Å²) in [4.78, 5) is 17.0. The highest BCUT2D eigenvalue weighted by Crippen LogP contribution is 2.22. The Hall–Kier alpha value is -0.0700. The number of nitrogens with one attached hydrogen (secondary N) is 1. The molecule has 0 saturated carbocycles. The molecular formula is C17H35Cl2N3O2. The summed E-state index contributed by atoms with van der Waals surface area (Å²) in [6.07, 6.45) is 6.46. The van der Waals surface area contributed by atoms with Crippen molar-refractivity contribution < 1.29 is 9.53 Å². The van der Waals surface area contributed by atoms with Crippen LogP contribution in [0, 0.1) is 5.92 Å². The molecule has 2 unspecified atom stereocenters. The molecule has 2 aliphatic rings. The highest BCUT2D eigenvalue weighted by atomic mass is 35.5. The van der Waals surface area contributed by atoms with Gasteiger partial charge in [-0.05, 0) is 45.1 Å². The number of carbonyl (C=O) groups excluding carboxylic acids is 1. The van der Waals surface area contributed by atoms with Crippen molar-refractivity contribution in [2.75, 3.05) is 53.0 Å². The zero-order valence-corrected chi connectivity index (χ0v) is 16.8. The van der Waals surface area contributed by atoms with Gasteiger partial charge in [-0.15, -0.1) is 24.8 Å². The van der Waals surface area contributed by atoms with Crippen molar-refractivity contribution in [2.24, 2.45) is 5.92 Å². The van der Waals surface area contributed by atoms with Gasteiger partial charge in [0, 0.05) is 39.3 Å². The molecule has 2 rings (SSSR count). The summed E-state index contributed by atoms with van der Waals surface area (Å²) >= 11 is 0. The molecule has 0 aromatic rings. The fourth-order valence-electron chi connectivity index (χ4n) is 3.68. The van der Waals surface area contributed by atoms with Crippen LogP contribution in [-0.2, 0) is 9.53 Å². The molecule has 2 atom stereocenters. The van der Waals surface area contributed by atoms with Crippen molar-refractivity contribution >= 4 is 30.7 Å². The Bertz CT molecular complexity index is 348. The van der Waals surface area contributed by atoms with E-state index in [1.807, 2.05) is 0 Å². The molecule has 2 aliphatic heterocycles. The summed E-state index contributed by atoms with van der Waals surface area (Å²) in [5.41, 5.74) is 0. The molecule has 0 aliphatic carbocycles. The summed E-state index contributed by atoms with van der Waals surface area (Å²) in [7, 11) is 1.68. The molecule has 0 bridgehead atoms. The molecule has 2 saturated heterocycles. The van der Waals surface area contributed by atoms with E-state index in [0.29, 0.717) is 19.1 Å². The van der Waals surface area contributed by atoms with Gasteiger partial charge in [-0.3, -0.25) is 4.79 Å². The van der Waals surface area contributed by atoms with Crippen molar-refractivity contribution in [1.82, 2.24) is 15.1 Å². The second-order valence-electron chi connectivity index (χ2n) is 6.86. The molecule has 24 heavy (non-hydrogen) atoms. The van der Waals surface area contributed by atoms with Crippen LogP contribution in [0.5, 0.6) is 0 Å². The lowest BCUT2D eigenvalue weighted by molar-refractivity contribution is -0.132. The monoisotopic (exact) mass is 383 g/mol. The first kappa shape index (κ1) is 23.9. The van der Waals surface area contributed by atoms with Crippen molar-refractivity contribution in [3.05, 3.63) is 0 Å². The van der Waals surface area contributed by atoms with Crippen LogP contribution in [0.3, 0.4) is 0 Å². The third-order valence-electron chi connectivity index (χ3n) is 5.06. The SMILES string of the molecule is COCCNCC(=O)N1CCCC(CN2CCCCC2C)C1.Cl.Cl. The van der Waals surface area contributed by atoms with Gasteiger partial charge in [0.15, 0.2) is 0 Å². The Labute approximate surface area is 159 Å². The van der Waals surface area contributed by atoms with Gasteiger partial charge >= 0.3 is 0 Å². The number of rotatable bonds is 7. The highest BCUT2D eigenvalue weighted by molar-refractivity contribution is 5.85. The van der Waals surface area contributed by atoms with Gasteiger partial charge < -0.3 is 19.9 Å². The van der Waals surface area contributed by atoms with Gasteiger partial charge in [0.2, 0.25) is 5.91 Å². The fraction of sp³-hybridized carbons (Fsp3) is 0.941. The number of hydrogen-bond donors (Lipinski definition) is 1. The summed E-state index contributed by atoms with van der Waals surface area (Å²) < 4.78 is 4.99. The summed E-state index contributed by atoms with van der Waals surface area (Å²) in [6, 6.07) is 0.718. The number of halogens is 2. The lowest BCUT2D eigenvalue weighted by atomic mass is 9.94.